The maximum atomic E-state index is 11.0. The van der Waals surface area contributed by atoms with Gasteiger partial charge in [-0.25, -0.2) is 14.8 Å². The molecule has 16 heavy (non-hydrogen) atoms. The number of aliphatic hydroxyl groups is 1. The van der Waals surface area contributed by atoms with Crippen LogP contribution in [0.25, 0.3) is 0 Å². The minimum Gasteiger partial charge on any atom is -0.478 e. The van der Waals surface area contributed by atoms with E-state index in [9.17, 15) is 4.79 Å². The van der Waals surface area contributed by atoms with Gasteiger partial charge in [-0.2, -0.15) is 0 Å². The molecule has 0 aromatic carbocycles. The lowest BCUT2D eigenvalue weighted by atomic mass is 10.2. The number of hydrogen-bond donors (Lipinski definition) is 2. The van der Waals surface area contributed by atoms with Crippen LogP contribution in [0.5, 0.6) is 0 Å². The van der Waals surface area contributed by atoms with Gasteiger partial charge in [0.25, 0.3) is 0 Å². The molecule has 1 heterocycles. The van der Waals surface area contributed by atoms with Gasteiger partial charge in [-0.15, -0.1) is 11.8 Å². The second-order valence-corrected chi connectivity index (χ2v) is 4.35. The van der Waals surface area contributed by atoms with Crippen molar-refractivity contribution in [1.82, 2.24) is 9.97 Å². The monoisotopic (exact) mass is 242 g/mol. The van der Waals surface area contributed by atoms with Crippen LogP contribution < -0.4 is 0 Å². The molecule has 0 fully saturated rings. The van der Waals surface area contributed by atoms with Gasteiger partial charge in [0.1, 0.15) is 16.4 Å². The molecule has 2 N–H and O–H groups in total. The fourth-order valence-electron chi connectivity index (χ4n) is 1.27. The summed E-state index contributed by atoms with van der Waals surface area (Å²) < 4.78 is 0. The third-order valence-electron chi connectivity index (χ3n) is 1.92. The van der Waals surface area contributed by atoms with E-state index in [4.69, 9.17) is 10.2 Å². The zero-order valence-electron chi connectivity index (χ0n) is 9.23. The number of carboxylic acid groups (broad SMARTS) is 1. The van der Waals surface area contributed by atoms with Crippen LogP contribution in [0.2, 0.25) is 0 Å². The van der Waals surface area contributed by atoms with Gasteiger partial charge in [-0.3, -0.25) is 0 Å². The molecular weight excluding hydrogens is 228 g/mol. The number of aliphatic hydroxyl groups excluding tert-OH is 1. The Labute approximate surface area is 97.9 Å². The smallest absolute Gasteiger partial charge is 0.340 e. The normalized spacial score (nSPS) is 10.4. The zero-order chi connectivity index (χ0) is 12.1. The fraction of sp³-hybridized carbons (Fsp3) is 0.500. The third kappa shape index (κ3) is 3.18. The number of aromatic carboxylic acids is 1. The lowest BCUT2D eigenvalue weighted by Gasteiger charge is -2.07. The van der Waals surface area contributed by atoms with Crippen molar-refractivity contribution in [2.24, 2.45) is 0 Å². The lowest BCUT2D eigenvalue weighted by molar-refractivity contribution is 0.0690. The molecule has 1 rings (SSSR count). The van der Waals surface area contributed by atoms with Crippen LogP contribution in [0.4, 0.5) is 0 Å². The number of thioether (sulfide) groups is 1. The number of aryl methyl sites for hydroxylation is 2. The fourth-order valence-corrected chi connectivity index (χ4v) is 2.31. The largest absolute Gasteiger partial charge is 0.478 e. The molecule has 0 saturated heterocycles. The molecule has 0 amide bonds. The summed E-state index contributed by atoms with van der Waals surface area (Å²) >= 11 is 1.34. The van der Waals surface area contributed by atoms with Crippen molar-refractivity contribution in [3.05, 3.63) is 17.1 Å². The summed E-state index contributed by atoms with van der Waals surface area (Å²) in [7, 11) is 0. The third-order valence-corrected chi connectivity index (χ3v) is 2.99. The average Bonchev–Trinajstić information content (AvgIpc) is 2.16. The highest BCUT2D eigenvalue weighted by Crippen LogP contribution is 2.23. The second-order valence-electron chi connectivity index (χ2n) is 3.27. The average molecular weight is 242 g/mol. The van der Waals surface area contributed by atoms with Gasteiger partial charge < -0.3 is 10.2 Å². The molecule has 88 valence electrons. The highest BCUT2D eigenvalue weighted by Gasteiger charge is 2.16. The number of carboxylic acids is 1. The molecule has 0 aliphatic carbocycles. The predicted molar refractivity (Wildman–Crippen MR) is 60.9 cm³/mol. The van der Waals surface area contributed by atoms with Crippen LogP contribution in [-0.2, 0) is 0 Å². The number of aromatic nitrogens is 2. The van der Waals surface area contributed by atoms with Gasteiger partial charge in [0.2, 0.25) is 0 Å². The Balaban J connectivity index is 2.99. The van der Waals surface area contributed by atoms with Crippen LogP contribution in [0.1, 0.15) is 28.3 Å². The highest BCUT2D eigenvalue weighted by atomic mass is 32.2. The summed E-state index contributed by atoms with van der Waals surface area (Å²) in [6, 6.07) is 0. The van der Waals surface area contributed by atoms with Gasteiger partial charge in [-0.05, 0) is 20.3 Å². The van der Waals surface area contributed by atoms with E-state index < -0.39 is 5.97 Å². The summed E-state index contributed by atoms with van der Waals surface area (Å²) in [5, 5.41) is 18.2. The Bertz CT molecular complexity index is 396. The zero-order valence-corrected chi connectivity index (χ0v) is 10.0. The topological polar surface area (TPSA) is 83.3 Å². The summed E-state index contributed by atoms with van der Waals surface area (Å²) in [6.07, 6.45) is 0.617. The van der Waals surface area contributed by atoms with Crippen molar-refractivity contribution >= 4 is 17.7 Å². The quantitative estimate of drug-likeness (QED) is 0.459. The number of carbonyl (C=O) groups is 1. The first-order chi connectivity index (χ1) is 7.56. The van der Waals surface area contributed by atoms with Crippen molar-refractivity contribution in [2.45, 2.75) is 25.3 Å². The van der Waals surface area contributed by atoms with Crippen LogP contribution in [0, 0.1) is 13.8 Å². The van der Waals surface area contributed by atoms with Gasteiger partial charge >= 0.3 is 5.97 Å². The van der Waals surface area contributed by atoms with E-state index in [-0.39, 0.29) is 12.2 Å². The van der Waals surface area contributed by atoms with E-state index in [1.165, 1.54) is 11.8 Å². The number of hydrogen-bond acceptors (Lipinski definition) is 5. The molecule has 6 heteroatoms. The molecule has 0 atom stereocenters. The van der Waals surface area contributed by atoms with Crippen molar-refractivity contribution in [2.75, 3.05) is 12.4 Å². The van der Waals surface area contributed by atoms with Gasteiger partial charge in [0.15, 0.2) is 0 Å². The Morgan fingerprint density at radius 3 is 2.62 bits per heavy atom. The molecule has 0 aliphatic rings. The Morgan fingerprint density at radius 1 is 1.38 bits per heavy atom. The SMILES string of the molecule is Cc1nc(C)c(C(=O)O)c(SCCCO)n1. The minimum absolute atomic E-state index is 0.0957. The molecule has 0 bridgehead atoms. The maximum absolute atomic E-state index is 11.0. The van der Waals surface area contributed by atoms with E-state index in [1.807, 2.05) is 0 Å². The number of rotatable bonds is 5. The molecule has 0 unspecified atom stereocenters. The molecule has 0 radical (unpaired) electrons. The van der Waals surface area contributed by atoms with Gasteiger partial charge in [0, 0.05) is 12.4 Å². The van der Waals surface area contributed by atoms with Gasteiger partial charge in [-0.1, -0.05) is 0 Å². The lowest BCUT2D eigenvalue weighted by Crippen LogP contribution is -2.08. The minimum atomic E-state index is -1.01. The predicted octanol–water partition coefficient (Wildman–Crippen LogP) is 1.27. The summed E-state index contributed by atoms with van der Waals surface area (Å²) in [5.74, 6) is 0.199. The molecule has 1 aromatic heterocycles. The standard InChI is InChI=1S/C10H14N2O3S/c1-6-8(10(14)15)9(12-7(2)11-6)16-5-3-4-13/h13H,3-5H2,1-2H3,(H,14,15). The van der Waals surface area contributed by atoms with Crippen molar-refractivity contribution in [1.29, 1.82) is 0 Å². The Hall–Kier alpha value is -1.14. The first kappa shape index (κ1) is 12.9. The Kier molecular flexibility index (Phi) is 4.70. The number of nitrogens with zero attached hydrogens (tertiary/aromatic N) is 2. The summed E-state index contributed by atoms with van der Waals surface area (Å²) in [6.45, 7) is 3.49. The molecule has 5 nitrogen and oxygen atoms in total. The van der Waals surface area contributed by atoms with E-state index in [1.54, 1.807) is 13.8 Å². The Morgan fingerprint density at radius 2 is 2.06 bits per heavy atom. The van der Waals surface area contributed by atoms with E-state index >= 15 is 0 Å². The first-order valence-corrected chi connectivity index (χ1v) is 5.87. The van der Waals surface area contributed by atoms with E-state index in [0.29, 0.717) is 28.7 Å². The molecule has 0 aliphatic heterocycles. The maximum Gasteiger partial charge on any atom is 0.340 e. The van der Waals surface area contributed by atoms with E-state index in [0.717, 1.165) is 0 Å². The van der Waals surface area contributed by atoms with Crippen LogP contribution in [-0.4, -0.2) is 38.5 Å². The van der Waals surface area contributed by atoms with Crippen molar-refractivity contribution in [3.63, 3.8) is 0 Å². The molecule has 0 spiro atoms. The first-order valence-electron chi connectivity index (χ1n) is 4.88. The van der Waals surface area contributed by atoms with E-state index in [2.05, 4.69) is 9.97 Å². The van der Waals surface area contributed by atoms with Crippen molar-refractivity contribution in [3.8, 4) is 0 Å². The molecule has 1 aromatic rings. The van der Waals surface area contributed by atoms with Gasteiger partial charge in [0.05, 0.1) is 5.69 Å². The van der Waals surface area contributed by atoms with Crippen LogP contribution >= 0.6 is 11.8 Å². The van der Waals surface area contributed by atoms with Crippen LogP contribution in [0.3, 0.4) is 0 Å². The van der Waals surface area contributed by atoms with Crippen molar-refractivity contribution < 1.29 is 15.0 Å². The van der Waals surface area contributed by atoms with Crippen LogP contribution in [0.15, 0.2) is 5.03 Å². The second kappa shape index (κ2) is 5.81. The molecule has 0 saturated carbocycles. The highest BCUT2D eigenvalue weighted by molar-refractivity contribution is 7.99. The summed E-state index contributed by atoms with van der Waals surface area (Å²) in [5.41, 5.74) is 0.639. The summed E-state index contributed by atoms with van der Waals surface area (Å²) in [4.78, 5) is 19.2. The molecular formula is C10H14N2O3S.